The number of aromatic nitrogens is 2. The number of ether oxygens (including phenoxy) is 1. The van der Waals surface area contributed by atoms with Gasteiger partial charge in [0.25, 0.3) is 30.4 Å². The van der Waals surface area contributed by atoms with E-state index in [0.717, 1.165) is 11.1 Å². The fourth-order valence-electron chi connectivity index (χ4n) is 7.52. The molecule has 0 amide bonds. The second kappa shape index (κ2) is 25.0. The molecule has 4 N–H and O–H groups in total. The van der Waals surface area contributed by atoms with Gasteiger partial charge in [0.1, 0.15) is 23.1 Å². The van der Waals surface area contributed by atoms with Gasteiger partial charge in [-0.05, 0) is 136 Å². The first-order chi connectivity index (χ1) is 36.5. The first-order valence-electron chi connectivity index (χ1n) is 23.4. The Morgan fingerprint density at radius 3 is 1.62 bits per heavy atom. The molecule has 77 heavy (non-hydrogen) atoms. The van der Waals surface area contributed by atoms with E-state index in [1.165, 1.54) is 34.0 Å². The van der Waals surface area contributed by atoms with Crippen molar-refractivity contribution in [2.75, 3.05) is 35.4 Å². The van der Waals surface area contributed by atoms with Crippen molar-refractivity contribution in [1.82, 2.24) is 9.38 Å². The number of nitrogens with zero attached hydrogens (tertiary/aromatic N) is 11. The van der Waals surface area contributed by atoms with Gasteiger partial charge < -0.3 is 9.84 Å². The molecule has 0 bridgehead atoms. The minimum atomic E-state index is -4.31. The van der Waals surface area contributed by atoms with Crippen LogP contribution < -0.4 is 4.74 Å². The van der Waals surface area contributed by atoms with E-state index >= 15 is 0 Å². The van der Waals surface area contributed by atoms with Gasteiger partial charge in [-0.2, -0.15) is 51.0 Å². The molecule has 7 rings (SSSR count). The van der Waals surface area contributed by atoms with Gasteiger partial charge in [0, 0.05) is 21.4 Å². The maximum absolute atomic E-state index is 11.6. The number of benzene rings is 5. The summed E-state index contributed by atoms with van der Waals surface area (Å²) in [4.78, 5) is 5.77. The van der Waals surface area contributed by atoms with Crippen molar-refractivity contribution < 1.29 is 48.8 Å². The molecule has 22 nitrogen and oxygen atoms in total. The fourth-order valence-corrected chi connectivity index (χ4v) is 11.3. The van der Waals surface area contributed by atoms with Gasteiger partial charge in [0.05, 0.1) is 69.0 Å². The van der Waals surface area contributed by atoms with E-state index in [4.69, 9.17) is 4.74 Å². The lowest BCUT2D eigenvalue weighted by Gasteiger charge is -2.12. The van der Waals surface area contributed by atoms with Crippen LogP contribution in [0, 0.1) is 45.9 Å². The van der Waals surface area contributed by atoms with Crippen LogP contribution in [0.3, 0.4) is 0 Å². The summed E-state index contributed by atoms with van der Waals surface area (Å²) in [5.41, 5.74) is 7.36. The van der Waals surface area contributed by atoms with Gasteiger partial charge in [-0.15, -0.1) is 44.0 Å². The molecule has 2 aromatic heterocycles. The highest BCUT2D eigenvalue weighted by molar-refractivity contribution is 7.99. The molecule has 0 unspecified atom stereocenters. The standard InChI is InChI=1S/C50H51N11O11S5/c1-30-13-9-16-43-47(30)52-49-36(29-51)34(5)48(50(62)61(43)49)60-57-40-23-31(2)37(26-44(40)72-17-10-20-75(63,64)65)55-58-41-25-33(4)39(28-46(41)74-19-12-22-77(69,70)71)56-59-42-24-32(3)38(54-53-35-14-7-6-8-15-35)27-45(42)73-18-11-21-76(66,67)68/h6-9,13-16,23-28,62H,10-12,17-22H2,1-5H3,(H,63,64,65)(H,66,67,68)(H,69,70,71). The zero-order chi connectivity index (χ0) is 55.7. The third-order valence-electron chi connectivity index (χ3n) is 11.4. The molecule has 5 aromatic carbocycles. The first kappa shape index (κ1) is 57.7. The van der Waals surface area contributed by atoms with Crippen LogP contribution in [0.1, 0.15) is 52.6 Å². The predicted octanol–water partition coefficient (Wildman–Crippen LogP) is 13.7. The summed E-state index contributed by atoms with van der Waals surface area (Å²) in [6, 6.07) is 26.8. The van der Waals surface area contributed by atoms with Crippen molar-refractivity contribution >= 4 is 116 Å². The Hall–Kier alpha value is -7.03. The smallest absolute Gasteiger partial charge is 0.264 e. The van der Waals surface area contributed by atoms with Crippen LogP contribution in [-0.4, -0.2) is 88.8 Å². The number of para-hydroxylation sites is 1. The molecule has 0 spiro atoms. The summed E-state index contributed by atoms with van der Waals surface area (Å²) in [6.07, 6.45) is 0.144. The second-order valence-corrected chi connectivity index (χ2v) is 24.4. The van der Waals surface area contributed by atoms with Crippen LogP contribution in [0.5, 0.6) is 11.6 Å². The van der Waals surface area contributed by atoms with E-state index in [9.17, 15) is 49.3 Å². The van der Waals surface area contributed by atoms with Crippen molar-refractivity contribution in [2.24, 2.45) is 40.9 Å². The van der Waals surface area contributed by atoms with Crippen molar-refractivity contribution in [3.05, 3.63) is 118 Å². The normalized spacial score (nSPS) is 12.6. The zero-order valence-electron chi connectivity index (χ0n) is 42.1. The van der Waals surface area contributed by atoms with E-state index in [1.807, 2.05) is 38.1 Å². The second-order valence-electron chi connectivity index (χ2n) is 17.4. The number of aromatic hydroxyl groups is 1. The summed E-state index contributed by atoms with van der Waals surface area (Å²) in [6.45, 7) is 8.62. The average Bonchev–Trinajstić information content (AvgIpc) is 3.83. The number of hydrogen-bond acceptors (Lipinski definition) is 20. The molecule has 0 atom stereocenters. The number of nitriles is 1. The summed E-state index contributed by atoms with van der Waals surface area (Å²) in [5, 5.41) is 57.8. The molecule has 27 heteroatoms. The van der Waals surface area contributed by atoms with Gasteiger partial charge in [0.15, 0.2) is 11.3 Å². The number of hydrogen-bond donors (Lipinski definition) is 4. The maximum atomic E-state index is 11.6. The molecule has 0 fully saturated rings. The largest absolute Gasteiger partial charge is 0.493 e. The monoisotopic (exact) mass is 1140 g/mol. The Bertz CT molecular complexity index is 3900. The van der Waals surface area contributed by atoms with Crippen molar-refractivity contribution in [3.8, 4) is 17.7 Å². The molecule has 2 heterocycles. The summed E-state index contributed by atoms with van der Waals surface area (Å²) in [5.74, 6) is -1.18. The molecule has 0 saturated heterocycles. The average molecular weight is 1140 g/mol. The van der Waals surface area contributed by atoms with Crippen molar-refractivity contribution in [2.45, 2.75) is 63.7 Å². The number of pyridine rings is 1. The lowest BCUT2D eigenvalue weighted by molar-refractivity contribution is 0.317. The zero-order valence-corrected chi connectivity index (χ0v) is 46.1. The molecule has 7 aromatic rings. The van der Waals surface area contributed by atoms with Crippen LogP contribution in [0.2, 0.25) is 0 Å². The van der Waals surface area contributed by atoms with Crippen LogP contribution in [0.4, 0.5) is 45.5 Å². The van der Waals surface area contributed by atoms with E-state index in [-0.39, 0.29) is 71.5 Å². The van der Waals surface area contributed by atoms with Gasteiger partial charge >= 0.3 is 0 Å². The quantitative estimate of drug-likeness (QED) is 0.0200. The topological polar surface area (TPSA) is 333 Å². The third kappa shape index (κ3) is 15.6. The molecular formula is C50H51N11O11S5. The molecule has 0 aliphatic heterocycles. The highest BCUT2D eigenvalue weighted by atomic mass is 32.2. The highest BCUT2D eigenvalue weighted by Gasteiger charge is 2.22. The minimum absolute atomic E-state index is 0.0171. The number of azo groups is 4. The molecular weight excluding hydrogens is 1090 g/mol. The van der Waals surface area contributed by atoms with Gasteiger partial charge in [-0.3, -0.25) is 18.1 Å². The van der Waals surface area contributed by atoms with Crippen LogP contribution in [0.15, 0.2) is 136 Å². The number of fused-ring (bicyclic) bond motifs is 3. The SMILES string of the molecule is Cc1cc(N=Nc2cc(SCCCS(=O)(=O)O)c(N=Nc3cc(OCCCS(=O)(=O)O)c(N=Nc4c(C)c(C#N)c5nc6c(C)cccc6n5c4O)cc3C)cc2C)c(SCCCS(=O)(=O)O)cc1N=Nc1ccccc1. The Morgan fingerprint density at radius 2 is 1.08 bits per heavy atom. The molecule has 0 aliphatic rings. The predicted molar refractivity (Wildman–Crippen MR) is 295 cm³/mol. The van der Waals surface area contributed by atoms with Gasteiger partial charge in [0.2, 0.25) is 5.88 Å². The van der Waals surface area contributed by atoms with E-state index in [0.29, 0.717) is 71.7 Å². The molecule has 402 valence electrons. The molecule has 0 aliphatic carbocycles. The van der Waals surface area contributed by atoms with Crippen LogP contribution >= 0.6 is 23.5 Å². The maximum Gasteiger partial charge on any atom is 0.264 e. The Labute approximate surface area is 452 Å². The first-order valence-corrected chi connectivity index (χ1v) is 30.2. The minimum Gasteiger partial charge on any atom is -0.493 e. The van der Waals surface area contributed by atoms with Gasteiger partial charge in [-0.1, -0.05) is 30.3 Å². The van der Waals surface area contributed by atoms with Crippen LogP contribution in [0.25, 0.3) is 16.7 Å². The number of rotatable bonds is 23. The summed E-state index contributed by atoms with van der Waals surface area (Å²) >= 11 is 2.54. The van der Waals surface area contributed by atoms with E-state index < -0.39 is 47.6 Å². The summed E-state index contributed by atoms with van der Waals surface area (Å²) in [7, 11) is -12.7. The van der Waals surface area contributed by atoms with Crippen LogP contribution in [-0.2, 0) is 30.4 Å². The summed E-state index contributed by atoms with van der Waals surface area (Å²) < 4.78 is 105. The Kier molecular flexibility index (Phi) is 18.7. The fraction of sp³-hybridized carbons (Fsp3) is 0.280. The number of imidazole rings is 1. The van der Waals surface area contributed by atoms with Gasteiger partial charge in [-0.25, -0.2) is 4.98 Å². The Balaban J connectivity index is 1.25. The third-order valence-corrected chi connectivity index (χ3v) is 16.1. The number of aryl methyl sites for hydroxylation is 4. The molecule has 0 radical (unpaired) electrons. The van der Waals surface area contributed by atoms with Crippen molar-refractivity contribution in [3.63, 3.8) is 0 Å². The lowest BCUT2D eigenvalue weighted by atomic mass is 10.1. The van der Waals surface area contributed by atoms with E-state index in [2.05, 4.69) is 52.0 Å². The Morgan fingerprint density at radius 1 is 0.584 bits per heavy atom. The number of thioether (sulfide) groups is 2. The van der Waals surface area contributed by atoms with E-state index in [1.54, 1.807) is 75.4 Å². The highest BCUT2D eigenvalue weighted by Crippen LogP contribution is 2.44. The lowest BCUT2D eigenvalue weighted by Crippen LogP contribution is -2.08. The molecule has 0 saturated carbocycles. The van der Waals surface area contributed by atoms with Crippen molar-refractivity contribution in [1.29, 1.82) is 5.26 Å².